The number of fused-ring (bicyclic) bond motifs is 1. The van der Waals surface area contributed by atoms with E-state index in [2.05, 4.69) is 20.4 Å². The molecule has 0 unspecified atom stereocenters. The zero-order valence-electron chi connectivity index (χ0n) is 22.9. The largest absolute Gasteiger partial charge is 0.486 e. The number of aliphatic hydroxyl groups excluding tert-OH is 1. The van der Waals surface area contributed by atoms with Crippen LogP contribution in [-0.2, 0) is 10.0 Å². The molecule has 0 saturated carbocycles. The molecular formula is C26H32N6O7S. The van der Waals surface area contributed by atoms with Crippen molar-refractivity contribution in [1.29, 1.82) is 0 Å². The van der Waals surface area contributed by atoms with E-state index in [1.807, 2.05) is 6.92 Å². The molecule has 3 heterocycles. The predicted octanol–water partition coefficient (Wildman–Crippen LogP) is 1.87. The van der Waals surface area contributed by atoms with Gasteiger partial charge in [0.2, 0.25) is 10.0 Å². The molecule has 4 rings (SSSR count). The van der Waals surface area contributed by atoms with Crippen molar-refractivity contribution >= 4 is 27.5 Å². The van der Waals surface area contributed by atoms with E-state index in [1.54, 1.807) is 32.0 Å². The molecule has 3 atom stereocenters. The minimum Gasteiger partial charge on any atom is -0.486 e. The number of carbonyl (C=O) groups is 2. The maximum atomic E-state index is 13.6. The molecular weight excluding hydrogens is 540 g/mol. The van der Waals surface area contributed by atoms with Crippen molar-refractivity contribution in [2.45, 2.75) is 44.7 Å². The molecule has 0 radical (unpaired) electrons. The lowest BCUT2D eigenvalue weighted by Gasteiger charge is -2.38. The summed E-state index contributed by atoms with van der Waals surface area (Å²) in [5.41, 5.74) is 0.658. The molecule has 1 aliphatic heterocycles. The summed E-state index contributed by atoms with van der Waals surface area (Å²) in [5.74, 6) is -1.09. The molecule has 40 heavy (non-hydrogen) atoms. The smallest absolute Gasteiger partial charge is 0.275 e. The number of ether oxygens (including phenoxy) is 1. The Labute approximate surface area is 232 Å². The summed E-state index contributed by atoms with van der Waals surface area (Å²) >= 11 is 0. The van der Waals surface area contributed by atoms with Gasteiger partial charge in [0, 0.05) is 31.9 Å². The number of sulfonamides is 1. The van der Waals surface area contributed by atoms with Gasteiger partial charge in [-0.25, -0.2) is 13.4 Å². The fourth-order valence-corrected chi connectivity index (χ4v) is 5.98. The van der Waals surface area contributed by atoms with Gasteiger partial charge in [0.15, 0.2) is 11.5 Å². The number of rotatable bonds is 8. The lowest BCUT2D eigenvalue weighted by molar-refractivity contribution is 0.0388. The molecule has 0 saturated heterocycles. The minimum atomic E-state index is -4.00. The summed E-state index contributed by atoms with van der Waals surface area (Å²) in [6, 6.07) is 4.21. The second-order valence-electron chi connectivity index (χ2n) is 9.79. The van der Waals surface area contributed by atoms with E-state index < -0.39 is 34.0 Å². The number of nitrogens with zero attached hydrogens (tertiary/aromatic N) is 5. The topological polar surface area (TPSA) is 168 Å². The van der Waals surface area contributed by atoms with Crippen molar-refractivity contribution in [2.75, 3.05) is 32.1 Å². The molecule has 2 N–H and O–H groups in total. The summed E-state index contributed by atoms with van der Waals surface area (Å²) in [7, 11) is -2.57. The van der Waals surface area contributed by atoms with Crippen LogP contribution in [0.15, 0.2) is 46.2 Å². The third-order valence-corrected chi connectivity index (χ3v) is 8.88. The fraction of sp³-hybridized carbons (Fsp3) is 0.423. The zero-order chi connectivity index (χ0) is 29.2. The molecule has 1 aliphatic rings. The fourth-order valence-electron chi connectivity index (χ4n) is 4.51. The Morgan fingerprint density at radius 2 is 2.05 bits per heavy atom. The number of nitrogens with one attached hydrogen (secondary N) is 1. The number of likely N-dealkylation sites (N-methyl/N-ethyl adjacent to an activating group) is 1. The first-order chi connectivity index (χ1) is 18.9. The van der Waals surface area contributed by atoms with Crippen LogP contribution >= 0.6 is 0 Å². The first-order valence-electron chi connectivity index (χ1n) is 12.6. The number of aromatic nitrogens is 3. The van der Waals surface area contributed by atoms with Gasteiger partial charge in [-0.1, -0.05) is 18.1 Å². The Balaban J connectivity index is 1.74. The molecule has 0 fully saturated rings. The molecule has 2 amide bonds. The molecule has 2 aromatic heterocycles. The summed E-state index contributed by atoms with van der Waals surface area (Å²) in [5, 5.41) is 16.4. The summed E-state index contributed by atoms with van der Waals surface area (Å²) in [6.45, 7) is 6.45. The van der Waals surface area contributed by atoms with Gasteiger partial charge in [-0.15, -0.1) is 0 Å². The zero-order valence-corrected chi connectivity index (χ0v) is 23.7. The van der Waals surface area contributed by atoms with Crippen molar-refractivity contribution in [3.63, 3.8) is 0 Å². The van der Waals surface area contributed by atoms with Crippen LogP contribution in [0.4, 0.5) is 5.69 Å². The SMILES string of the molecule is Cc1noc(C)c1S(=O)(=O)N(C)C[C@@H]1Oc2c(NC(=O)c3cnccn3)cccc2C(=O)N([C@H](C)CO)C[C@@H]1C. The average molecular weight is 573 g/mol. The monoisotopic (exact) mass is 572 g/mol. The van der Waals surface area contributed by atoms with Crippen LogP contribution in [0.2, 0.25) is 0 Å². The molecule has 0 aliphatic carbocycles. The lowest BCUT2D eigenvalue weighted by atomic mass is 9.99. The Morgan fingerprint density at radius 3 is 2.67 bits per heavy atom. The van der Waals surface area contributed by atoms with Gasteiger partial charge >= 0.3 is 0 Å². The van der Waals surface area contributed by atoms with Gasteiger partial charge in [0.25, 0.3) is 11.8 Å². The van der Waals surface area contributed by atoms with E-state index in [-0.39, 0.29) is 64.7 Å². The van der Waals surface area contributed by atoms with Crippen LogP contribution in [0.1, 0.15) is 46.1 Å². The van der Waals surface area contributed by atoms with Crippen molar-refractivity contribution in [3.8, 4) is 5.75 Å². The number of aryl methyl sites for hydroxylation is 2. The third-order valence-electron chi connectivity index (χ3n) is 6.81. The molecule has 214 valence electrons. The highest BCUT2D eigenvalue weighted by Crippen LogP contribution is 2.35. The van der Waals surface area contributed by atoms with E-state index in [0.717, 1.165) is 4.31 Å². The van der Waals surface area contributed by atoms with Crippen LogP contribution in [-0.4, -0.2) is 88.6 Å². The first kappa shape index (κ1) is 29.1. The standard InChI is InChI=1S/C26H32N6O7S/c1-15-12-32(16(2)14-33)26(35)19-7-6-8-20(29-25(34)21-11-27-9-10-28-21)23(19)38-22(15)13-31(5)40(36,37)24-17(3)30-39-18(24)4/h6-11,15-16,22,33H,12-14H2,1-5H3,(H,29,34)/t15-,16+,22-/m0/s1. The normalized spacial score (nSPS) is 18.5. The highest BCUT2D eigenvalue weighted by atomic mass is 32.2. The molecule has 1 aromatic carbocycles. The number of carbonyl (C=O) groups excluding carboxylic acids is 2. The van der Waals surface area contributed by atoms with E-state index in [9.17, 15) is 23.1 Å². The minimum absolute atomic E-state index is 0.0171. The summed E-state index contributed by atoms with van der Waals surface area (Å²) in [6.07, 6.45) is 3.37. The number of aliphatic hydroxyl groups is 1. The van der Waals surface area contributed by atoms with Crippen molar-refractivity contribution < 1.29 is 32.4 Å². The summed E-state index contributed by atoms with van der Waals surface area (Å²) in [4.78, 5) is 36.0. The van der Waals surface area contributed by atoms with Gasteiger partial charge < -0.3 is 24.6 Å². The van der Waals surface area contributed by atoms with E-state index >= 15 is 0 Å². The Morgan fingerprint density at radius 1 is 1.30 bits per heavy atom. The first-order valence-corrected chi connectivity index (χ1v) is 14.1. The van der Waals surface area contributed by atoms with Crippen LogP contribution in [0.5, 0.6) is 5.75 Å². The van der Waals surface area contributed by atoms with Gasteiger partial charge in [0.05, 0.1) is 36.6 Å². The van der Waals surface area contributed by atoms with Crippen molar-refractivity contribution in [2.24, 2.45) is 5.92 Å². The molecule has 3 aromatic rings. The van der Waals surface area contributed by atoms with Crippen molar-refractivity contribution in [3.05, 3.63) is 59.5 Å². The molecule has 13 nitrogen and oxygen atoms in total. The maximum absolute atomic E-state index is 13.6. The number of hydrogen-bond donors (Lipinski definition) is 2. The second kappa shape index (κ2) is 11.7. The predicted molar refractivity (Wildman–Crippen MR) is 143 cm³/mol. The Hall–Kier alpha value is -3.88. The van der Waals surface area contributed by atoms with Gasteiger partial charge in [-0.3, -0.25) is 14.6 Å². The number of para-hydroxylation sites is 1. The molecule has 14 heteroatoms. The number of hydrogen-bond acceptors (Lipinski definition) is 10. The number of amides is 2. The van der Waals surface area contributed by atoms with Crippen LogP contribution in [0.25, 0.3) is 0 Å². The Bertz CT molecular complexity index is 1470. The Kier molecular flexibility index (Phi) is 8.51. The van der Waals surface area contributed by atoms with Gasteiger partial charge in [0.1, 0.15) is 22.4 Å². The van der Waals surface area contributed by atoms with Crippen LogP contribution in [0, 0.1) is 19.8 Å². The lowest BCUT2D eigenvalue weighted by Crippen LogP contribution is -2.50. The second-order valence-corrected chi connectivity index (χ2v) is 11.8. The quantitative estimate of drug-likeness (QED) is 0.406. The van der Waals surface area contributed by atoms with Crippen LogP contribution < -0.4 is 10.1 Å². The van der Waals surface area contributed by atoms with E-state index in [4.69, 9.17) is 9.26 Å². The highest BCUT2D eigenvalue weighted by molar-refractivity contribution is 7.89. The third kappa shape index (κ3) is 5.69. The van der Waals surface area contributed by atoms with E-state index in [1.165, 1.54) is 37.5 Å². The molecule has 0 bridgehead atoms. The van der Waals surface area contributed by atoms with Gasteiger partial charge in [-0.2, -0.15) is 4.31 Å². The van der Waals surface area contributed by atoms with Crippen LogP contribution in [0.3, 0.4) is 0 Å². The molecule has 0 spiro atoms. The van der Waals surface area contributed by atoms with Gasteiger partial charge in [-0.05, 0) is 32.9 Å². The van der Waals surface area contributed by atoms with Crippen molar-refractivity contribution in [1.82, 2.24) is 24.3 Å². The van der Waals surface area contributed by atoms with E-state index in [0.29, 0.717) is 0 Å². The number of anilines is 1. The highest BCUT2D eigenvalue weighted by Gasteiger charge is 2.37. The summed E-state index contributed by atoms with van der Waals surface area (Å²) < 4.78 is 39.5. The average Bonchev–Trinajstić information content (AvgIpc) is 3.29. The number of benzene rings is 1. The maximum Gasteiger partial charge on any atom is 0.275 e.